The standard InChI is InChI=1S/C9H14N2O4/c10-9(14)11-7(12)5-15-8(13)6-3-1-2-4-6/h6H,1-5H2,(H3,10,11,12,14). The summed E-state index contributed by atoms with van der Waals surface area (Å²) in [5.74, 6) is -1.16. The number of nitrogens with one attached hydrogen (secondary N) is 1. The van der Waals surface area contributed by atoms with E-state index >= 15 is 0 Å². The number of urea groups is 1. The number of rotatable bonds is 3. The van der Waals surface area contributed by atoms with Gasteiger partial charge >= 0.3 is 12.0 Å². The van der Waals surface area contributed by atoms with Crippen LogP contribution in [-0.2, 0) is 14.3 Å². The quantitative estimate of drug-likeness (QED) is 0.641. The Bertz CT molecular complexity index is 271. The van der Waals surface area contributed by atoms with Crippen LogP contribution in [0.4, 0.5) is 4.79 Å². The van der Waals surface area contributed by atoms with Crippen LogP contribution in [0.25, 0.3) is 0 Å². The van der Waals surface area contributed by atoms with Crippen molar-refractivity contribution < 1.29 is 19.1 Å². The molecular weight excluding hydrogens is 200 g/mol. The van der Waals surface area contributed by atoms with E-state index in [0.29, 0.717) is 0 Å². The molecule has 0 aliphatic heterocycles. The third-order valence-corrected chi connectivity index (χ3v) is 2.30. The van der Waals surface area contributed by atoms with Crippen LogP contribution in [0.5, 0.6) is 0 Å². The van der Waals surface area contributed by atoms with E-state index < -0.39 is 18.5 Å². The summed E-state index contributed by atoms with van der Waals surface area (Å²) in [6, 6.07) is -0.947. The minimum absolute atomic E-state index is 0.0913. The lowest BCUT2D eigenvalue weighted by molar-refractivity contribution is -0.152. The highest BCUT2D eigenvalue weighted by molar-refractivity contribution is 5.94. The van der Waals surface area contributed by atoms with Gasteiger partial charge in [-0.15, -0.1) is 0 Å². The van der Waals surface area contributed by atoms with Crippen molar-refractivity contribution in [1.82, 2.24) is 5.32 Å². The second-order valence-corrected chi connectivity index (χ2v) is 3.50. The Balaban J connectivity index is 2.21. The van der Waals surface area contributed by atoms with Crippen molar-refractivity contribution in [2.24, 2.45) is 11.7 Å². The molecule has 0 spiro atoms. The predicted octanol–water partition coefficient (Wildman–Crippen LogP) is -0.0853. The number of carbonyl (C=O) groups is 3. The maximum atomic E-state index is 11.3. The van der Waals surface area contributed by atoms with Crippen LogP contribution in [0.2, 0.25) is 0 Å². The smallest absolute Gasteiger partial charge is 0.318 e. The first kappa shape index (κ1) is 11.5. The summed E-state index contributed by atoms with van der Waals surface area (Å²) in [6.07, 6.45) is 3.67. The molecule has 1 rings (SSSR count). The Morgan fingerprint density at radius 2 is 1.87 bits per heavy atom. The van der Waals surface area contributed by atoms with E-state index in [4.69, 9.17) is 10.5 Å². The SMILES string of the molecule is NC(=O)NC(=O)COC(=O)C1CCCC1. The molecule has 15 heavy (non-hydrogen) atoms. The highest BCUT2D eigenvalue weighted by Gasteiger charge is 2.24. The van der Waals surface area contributed by atoms with Gasteiger partial charge in [0.25, 0.3) is 5.91 Å². The van der Waals surface area contributed by atoms with Crippen molar-refractivity contribution in [3.8, 4) is 0 Å². The Labute approximate surface area is 87.1 Å². The third-order valence-electron chi connectivity index (χ3n) is 2.30. The van der Waals surface area contributed by atoms with Gasteiger partial charge in [0, 0.05) is 0 Å². The summed E-state index contributed by atoms with van der Waals surface area (Å²) >= 11 is 0. The van der Waals surface area contributed by atoms with Gasteiger partial charge in [0.15, 0.2) is 6.61 Å². The fraction of sp³-hybridized carbons (Fsp3) is 0.667. The lowest BCUT2D eigenvalue weighted by Gasteiger charge is -2.08. The van der Waals surface area contributed by atoms with Crippen molar-refractivity contribution in [2.45, 2.75) is 25.7 Å². The Kier molecular flexibility index (Phi) is 4.08. The zero-order valence-corrected chi connectivity index (χ0v) is 8.32. The summed E-state index contributed by atoms with van der Waals surface area (Å²) in [7, 11) is 0. The molecule has 3 N–H and O–H groups in total. The number of nitrogens with two attached hydrogens (primary N) is 1. The van der Waals surface area contributed by atoms with Crippen molar-refractivity contribution in [1.29, 1.82) is 0 Å². The van der Waals surface area contributed by atoms with Crippen LogP contribution in [0, 0.1) is 5.92 Å². The fourth-order valence-electron chi connectivity index (χ4n) is 1.59. The second-order valence-electron chi connectivity index (χ2n) is 3.50. The molecule has 0 bridgehead atoms. The molecule has 6 nitrogen and oxygen atoms in total. The number of ether oxygens (including phenoxy) is 1. The zero-order valence-electron chi connectivity index (χ0n) is 8.32. The highest BCUT2D eigenvalue weighted by atomic mass is 16.5. The Morgan fingerprint density at radius 3 is 2.40 bits per heavy atom. The largest absolute Gasteiger partial charge is 0.455 e. The molecule has 1 saturated carbocycles. The maximum absolute atomic E-state index is 11.3. The molecule has 0 aromatic heterocycles. The Hall–Kier alpha value is -1.59. The van der Waals surface area contributed by atoms with Gasteiger partial charge in [-0.3, -0.25) is 14.9 Å². The van der Waals surface area contributed by atoms with Crippen LogP contribution < -0.4 is 11.1 Å². The van der Waals surface area contributed by atoms with Crippen LogP contribution >= 0.6 is 0 Å². The van der Waals surface area contributed by atoms with E-state index in [1.807, 2.05) is 5.32 Å². The lowest BCUT2D eigenvalue weighted by Crippen LogP contribution is -2.38. The van der Waals surface area contributed by atoms with Gasteiger partial charge < -0.3 is 10.5 Å². The minimum Gasteiger partial charge on any atom is -0.455 e. The van der Waals surface area contributed by atoms with E-state index in [-0.39, 0.29) is 11.9 Å². The van der Waals surface area contributed by atoms with Crippen molar-refractivity contribution in [3.05, 3.63) is 0 Å². The first-order valence-electron chi connectivity index (χ1n) is 4.85. The molecule has 0 unspecified atom stereocenters. The second kappa shape index (κ2) is 5.33. The zero-order chi connectivity index (χ0) is 11.3. The van der Waals surface area contributed by atoms with Gasteiger partial charge in [-0.25, -0.2) is 4.79 Å². The van der Waals surface area contributed by atoms with E-state index in [9.17, 15) is 14.4 Å². The number of primary amides is 1. The van der Waals surface area contributed by atoms with Crippen molar-refractivity contribution >= 4 is 17.9 Å². The van der Waals surface area contributed by atoms with Crippen molar-refractivity contribution in [3.63, 3.8) is 0 Å². The molecule has 1 aliphatic rings. The molecule has 0 atom stereocenters. The fourth-order valence-corrected chi connectivity index (χ4v) is 1.59. The van der Waals surface area contributed by atoms with Crippen LogP contribution in [-0.4, -0.2) is 24.5 Å². The monoisotopic (exact) mass is 214 g/mol. The molecule has 84 valence electrons. The van der Waals surface area contributed by atoms with Crippen LogP contribution in [0.15, 0.2) is 0 Å². The number of amides is 3. The van der Waals surface area contributed by atoms with Gasteiger partial charge in [-0.05, 0) is 12.8 Å². The van der Waals surface area contributed by atoms with Gasteiger partial charge in [-0.1, -0.05) is 12.8 Å². The number of hydrogen-bond acceptors (Lipinski definition) is 4. The van der Waals surface area contributed by atoms with Gasteiger partial charge in [0.05, 0.1) is 5.92 Å². The van der Waals surface area contributed by atoms with E-state index in [1.165, 1.54) is 0 Å². The number of esters is 1. The predicted molar refractivity (Wildman–Crippen MR) is 50.6 cm³/mol. The third kappa shape index (κ3) is 3.97. The lowest BCUT2D eigenvalue weighted by atomic mass is 10.1. The number of carbonyl (C=O) groups excluding carboxylic acids is 3. The molecule has 6 heteroatoms. The summed E-state index contributed by atoms with van der Waals surface area (Å²) in [6.45, 7) is -0.446. The molecule has 0 saturated heterocycles. The maximum Gasteiger partial charge on any atom is 0.318 e. The van der Waals surface area contributed by atoms with Gasteiger partial charge in [0.2, 0.25) is 0 Å². The van der Waals surface area contributed by atoms with Crippen molar-refractivity contribution in [2.75, 3.05) is 6.61 Å². The summed E-state index contributed by atoms with van der Waals surface area (Å²) in [4.78, 5) is 32.5. The minimum atomic E-state index is -0.947. The van der Waals surface area contributed by atoms with Crippen LogP contribution in [0.3, 0.4) is 0 Å². The molecule has 0 heterocycles. The average Bonchev–Trinajstić information content (AvgIpc) is 2.65. The molecule has 1 aliphatic carbocycles. The molecule has 3 amide bonds. The van der Waals surface area contributed by atoms with Gasteiger partial charge in [-0.2, -0.15) is 0 Å². The summed E-state index contributed by atoms with van der Waals surface area (Å²) < 4.78 is 4.73. The Morgan fingerprint density at radius 1 is 1.27 bits per heavy atom. The molecular formula is C9H14N2O4. The number of imide groups is 1. The van der Waals surface area contributed by atoms with Crippen LogP contribution in [0.1, 0.15) is 25.7 Å². The van der Waals surface area contributed by atoms with E-state index in [2.05, 4.69) is 0 Å². The first-order valence-corrected chi connectivity index (χ1v) is 4.85. The molecule has 0 radical (unpaired) electrons. The first-order chi connectivity index (χ1) is 7.09. The van der Waals surface area contributed by atoms with E-state index in [0.717, 1.165) is 25.7 Å². The van der Waals surface area contributed by atoms with Gasteiger partial charge in [0.1, 0.15) is 0 Å². The van der Waals surface area contributed by atoms with E-state index in [1.54, 1.807) is 0 Å². The molecule has 0 aromatic carbocycles. The normalized spacial score (nSPS) is 16.0. The number of hydrogen-bond donors (Lipinski definition) is 2. The topological polar surface area (TPSA) is 98.5 Å². The summed E-state index contributed by atoms with van der Waals surface area (Å²) in [5.41, 5.74) is 4.71. The molecule has 1 fully saturated rings. The summed E-state index contributed by atoms with van der Waals surface area (Å²) in [5, 5.41) is 1.81. The highest BCUT2D eigenvalue weighted by Crippen LogP contribution is 2.25. The average molecular weight is 214 g/mol. The molecule has 0 aromatic rings.